The first-order chi connectivity index (χ1) is 16.8. The van der Waals surface area contributed by atoms with E-state index in [0.29, 0.717) is 23.6 Å². The van der Waals surface area contributed by atoms with Crippen LogP contribution in [-0.4, -0.2) is 42.0 Å². The number of thiophene rings is 1. The van der Waals surface area contributed by atoms with Crippen LogP contribution in [0.3, 0.4) is 0 Å². The van der Waals surface area contributed by atoms with E-state index in [4.69, 9.17) is 4.74 Å². The molecule has 35 heavy (non-hydrogen) atoms. The van der Waals surface area contributed by atoms with Crippen LogP contribution >= 0.6 is 22.2 Å². The van der Waals surface area contributed by atoms with Crippen molar-refractivity contribution in [2.24, 2.45) is 0 Å². The summed E-state index contributed by atoms with van der Waals surface area (Å²) in [7, 11) is -0.460. The minimum atomic E-state index is -0.460. The van der Waals surface area contributed by atoms with Crippen LogP contribution in [0, 0.1) is 0 Å². The van der Waals surface area contributed by atoms with Gasteiger partial charge in [-0.3, -0.25) is 4.79 Å². The van der Waals surface area contributed by atoms with Gasteiger partial charge in [0.15, 0.2) is 0 Å². The van der Waals surface area contributed by atoms with Crippen LogP contribution in [0.4, 0.5) is 0 Å². The maximum atomic E-state index is 11.5. The zero-order chi connectivity index (χ0) is 24.9. The summed E-state index contributed by atoms with van der Waals surface area (Å²) in [6.07, 6.45) is 1.80. The lowest BCUT2D eigenvalue weighted by atomic mass is 10.0. The highest BCUT2D eigenvalue weighted by Crippen LogP contribution is 2.53. The number of benzene rings is 2. The molecule has 2 aromatic carbocycles. The molecule has 0 fully saturated rings. The fourth-order valence-electron chi connectivity index (χ4n) is 4.61. The molecule has 188 valence electrons. The predicted molar refractivity (Wildman–Crippen MR) is 150 cm³/mol. The standard InChI is InChI=1S/C28H36N2O3S2/c1-18(2)29-13-12-22-17-35(26-10-5-7-23(32)27(22)26)16-19(3)30-14-11-21-15-34-25-9-6-8-24(28(21)25)33-20(4)31/h5-10,15,17-19,29-30,32,35H,11-14,16H2,1-4H3. The van der Waals surface area contributed by atoms with Crippen LogP contribution in [0.5, 0.6) is 11.5 Å². The third-order valence-corrected chi connectivity index (χ3v) is 9.71. The van der Waals surface area contributed by atoms with Crippen molar-refractivity contribution in [3.8, 4) is 11.5 Å². The van der Waals surface area contributed by atoms with Crippen LogP contribution in [0.25, 0.3) is 15.7 Å². The lowest BCUT2D eigenvalue weighted by Crippen LogP contribution is -2.30. The number of fused-ring (bicyclic) bond motifs is 2. The Balaban J connectivity index is 1.38. The van der Waals surface area contributed by atoms with Gasteiger partial charge in [-0.2, -0.15) is 0 Å². The average molecular weight is 513 g/mol. The minimum absolute atomic E-state index is 0.293. The van der Waals surface area contributed by atoms with Gasteiger partial charge in [0, 0.05) is 39.6 Å². The van der Waals surface area contributed by atoms with E-state index in [1.165, 1.54) is 23.0 Å². The van der Waals surface area contributed by atoms with Gasteiger partial charge < -0.3 is 20.5 Å². The SMILES string of the molecule is CC(=O)Oc1cccc2scc(CCNC(C)C[SH]3C=C(CCNC(C)C)c4c(O)cccc43)c12. The van der Waals surface area contributed by atoms with E-state index < -0.39 is 10.9 Å². The molecule has 4 rings (SSSR count). The van der Waals surface area contributed by atoms with Crippen LogP contribution in [0.1, 0.15) is 45.2 Å². The second-order valence-corrected chi connectivity index (χ2v) is 12.4. The molecule has 1 aliphatic heterocycles. The summed E-state index contributed by atoms with van der Waals surface area (Å²) >= 11 is 1.69. The van der Waals surface area contributed by atoms with Gasteiger partial charge in [-0.1, -0.05) is 26.0 Å². The lowest BCUT2D eigenvalue weighted by molar-refractivity contribution is -0.131. The molecular weight excluding hydrogens is 476 g/mol. The second kappa shape index (κ2) is 11.6. The van der Waals surface area contributed by atoms with E-state index >= 15 is 0 Å². The number of hydrogen-bond acceptors (Lipinski definition) is 6. The van der Waals surface area contributed by atoms with Crippen LogP contribution < -0.4 is 15.4 Å². The molecule has 0 spiro atoms. The van der Waals surface area contributed by atoms with E-state index in [1.807, 2.05) is 18.2 Å². The van der Waals surface area contributed by atoms with E-state index in [9.17, 15) is 9.90 Å². The molecule has 5 nitrogen and oxygen atoms in total. The second-order valence-electron chi connectivity index (χ2n) is 9.43. The molecule has 0 amide bonds. The summed E-state index contributed by atoms with van der Waals surface area (Å²) < 4.78 is 6.60. The molecule has 2 unspecified atom stereocenters. The fraction of sp³-hybridized carbons (Fsp3) is 0.393. The van der Waals surface area contributed by atoms with Crippen molar-refractivity contribution in [2.45, 2.75) is 57.5 Å². The zero-order valence-electron chi connectivity index (χ0n) is 20.9. The third kappa shape index (κ3) is 6.28. The number of carbonyl (C=O) groups is 1. The number of hydrogen-bond donors (Lipinski definition) is 4. The molecule has 3 N–H and O–H groups in total. The topological polar surface area (TPSA) is 70.6 Å². The summed E-state index contributed by atoms with van der Waals surface area (Å²) in [5, 5.41) is 23.4. The summed E-state index contributed by atoms with van der Waals surface area (Å²) in [5.74, 6) is 1.79. The highest BCUT2D eigenvalue weighted by molar-refractivity contribution is 8.20. The average Bonchev–Trinajstić information content (AvgIpc) is 3.36. The monoisotopic (exact) mass is 512 g/mol. The summed E-state index contributed by atoms with van der Waals surface area (Å²) in [4.78, 5) is 12.8. The number of rotatable bonds is 11. The maximum absolute atomic E-state index is 11.5. The molecule has 2 atom stereocenters. The molecule has 0 saturated carbocycles. The number of carbonyl (C=O) groups excluding carboxylic acids is 1. The molecule has 0 saturated heterocycles. The van der Waals surface area contributed by atoms with Crippen molar-refractivity contribution in [1.29, 1.82) is 0 Å². The first-order valence-electron chi connectivity index (χ1n) is 12.3. The van der Waals surface area contributed by atoms with Gasteiger partial charge in [0.05, 0.1) is 0 Å². The Morgan fingerprint density at radius 3 is 2.63 bits per heavy atom. The Kier molecular flexibility index (Phi) is 8.55. The van der Waals surface area contributed by atoms with Gasteiger partial charge in [0.25, 0.3) is 0 Å². The summed E-state index contributed by atoms with van der Waals surface area (Å²) in [6, 6.07) is 12.6. The summed E-state index contributed by atoms with van der Waals surface area (Å²) in [6.45, 7) is 9.77. The van der Waals surface area contributed by atoms with Gasteiger partial charge >= 0.3 is 5.97 Å². The molecule has 0 radical (unpaired) electrons. The number of ether oxygens (including phenoxy) is 1. The molecule has 7 heteroatoms. The Labute approximate surface area is 214 Å². The highest BCUT2D eigenvalue weighted by Gasteiger charge is 2.24. The van der Waals surface area contributed by atoms with Crippen molar-refractivity contribution in [3.63, 3.8) is 0 Å². The maximum Gasteiger partial charge on any atom is 0.308 e. The normalized spacial score (nSPS) is 16.9. The van der Waals surface area contributed by atoms with Gasteiger partial charge in [-0.05, 0) is 84.8 Å². The molecule has 0 bridgehead atoms. The molecule has 1 aliphatic rings. The first-order valence-corrected chi connectivity index (χ1v) is 14.7. The van der Waals surface area contributed by atoms with Crippen LogP contribution in [0.15, 0.2) is 52.1 Å². The first kappa shape index (κ1) is 25.8. The molecule has 0 aliphatic carbocycles. The van der Waals surface area contributed by atoms with E-state index in [-0.39, 0.29) is 5.97 Å². The van der Waals surface area contributed by atoms with Gasteiger partial charge in [-0.25, -0.2) is 10.9 Å². The third-order valence-electron chi connectivity index (χ3n) is 6.16. The molecular formula is C28H36N2O3S2. The number of nitrogens with one attached hydrogen (secondary N) is 2. The number of esters is 1. The van der Waals surface area contributed by atoms with Crippen molar-refractivity contribution in [2.75, 3.05) is 18.8 Å². The van der Waals surface area contributed by atoms with Crippen molar-refractivity contribution < 1.29 is 14.6 Å². The zero-order valence-corrected chi connectivity index (χ0v) is 22.6. The largest absolute Gasteiger partial charge is 0.507 e. The Hall–Kier alpha value is -2.32. The highest BCUT2D eigenvalue weighted by atomic mass is 32.2. The van der Waals surface area contributed by atoms with Crippen molar-refractivity contribution in [3.05, 3.63) is 58.3 Å². The lowest BCUT2D eigenvalue weighted by Gasteiger charge is -2.21. The van der Waals surface area contributed by atoms with Gasteiger partial charge in [0.1, 0.15) is 11.5 Å². The van der Waals surface area contributed by atoms with E-state index in [0.717, 1.165) is 47.3 Å². The van der Waals surface area contributed by atoms with E-state index in [2.05, 4.69) is 54.3 Å². The Morgan fingerprint density at radius 1 is 1.09 bits per heavy atom. The summed E-state index contributed by atoms with van der Waals surface area (Å²) in [5.41, 5.74) is 3.54. The van der Waals surface area contributed by atoms with Gasteiger partial charge in [0.2, 0.25) is 0 Å². The molecule has 1 aromatic heterocycles. The number of thiol groups is 1. The van der Waals surface area contributed by atoms with Crippen LogP contribution in [0.2, 0.25) is 0 Å². The predicted octanol–water partition coefficient (Wildman–Crippen LogP) is 5.86. The van der Waals surface area contributed by atoms with Crippen LogP contribution in [-0.2, 0) is 11.2 Å². The fourth-order valence-corrected chi connectivity index (χ4v) is 8.24. The smallest absolute Gasteiger partial charge is 0.308 e. The van der Waals surface area contributed by atoms with E-state index in [1.54, 1.807) is 17.4 Å². The molecule has 3 aromatic rings. The Bertz CT molecular complexity index is 1220. The van der Waals surface area contributed by atoms with Crippen molar-refractivity contribution >= 4 is 43.9 Å². The number of phenolic OH excluding ortho intramolecular Hbond substituents is 1. The Morgan fingerprint density at radius 2 is 1.86 bits per heavy atom. The van der Waals surface area contributed by atoms with Crippen molar-refractivity contribution in [1.82, 2.24) is 10.6 Å². The molecule has 2 heterocycles. The number of aromatic hydroxyl groups is 1. The quantitative estimate of drug-likeness (QED) is 0.147. The van der Waals surface area contributed by atoms with Gasteiger partial charge in [-0.15, -0.1) is 11.3 Å². The minimum Gasteiger partial charge on any atom is -0.507 e. The number of phenols is 1.